The number of aromatic nitrogens is 1. The van der Waals surface area contributed by atoms with E-state index in [1.54, 1.807) is 17.0 Å². The fourth-order valence-electron chi connectivity index (χ4n) is 2.48. The lowest BCUT2D eigenvalue weighted by atomic mass is 10.0. The van der Waals surface area contributed by atoms with E-state index < -0.39 is 5.82 Å². The molecule has 21 heavy (non-hydrogen) atoms. The predicted molar refractivity (Wildman–Crippen MR) is 80.1 cm³/mol. The van der Waals surface area contributed by atoms with E-state index in [1.807, 2.05) is 6.92 Å². The van der Waals surface area contributed by atoms with E-state index in [1.165, 1.54) is 12.1 Å². The van der Waals surface area contributed by atoms with Crippen molar-refractivity contribution in [2.24, 2.45) is 0 Å². The fraction of sp³-hybridized carbons (Fsp3) is 0.200. The highest BCUT2D eigenvalue weighted by Crippen LogP contribution is 2.34. The number of fused-ring (bicyclic) bond motifs is 1. The van der Waals surface area contributed by atoms with Gasteiger partial charge in [-0.3, -0.25) is 4.79 Å². The number of hydrogen-bond acceptors (Lipinski definition) is 2. The van der Waals surface area contributed by atoms with Crippen LogP contribution in [0, 0.1) is 5.82 Å². The van der Waals surface area contributed by atoms with Gasteiger partial charge in [-0.2, -0.15) is 0 Å². The first kappa shape index (κ1) is 14.3. The van der Waals surface area contributed by atoms with Crippen LogP contribution < -0.4 is 0 Å². The zero-order valence-corrected chi connectivity index (χ0v) is 12.7. The van der Waals surface area contributed by atoms with E-state index in [0.29, 0.717) is 40.5 Å². The molecule has 1 aromatic carbocycles. The van der Waals surface area contributed by atoms with Crippen LogP contribution in [-0.2, 0) is 6.54 Å². The third kappa shape index (κ3) is 2.39. The molecule has 3 nitrogen and oxygen atoms in total. The third-order valence-corrected chi connectivity index (χ3v) is 3.96. The zero-order valence-electron chi connectivity index (χ0n) is 11.2. The van der Waals surface area contributed by atoms with Crippen molar-refractivity contribution in [2.45, 2.75) is 13.5 Å². The topological polar surface area (TPSA) is 33.2 Å². The van der Waals surface area contributed by atoms with Crippen molar-refractivity contribution in [3.8, 4) is 11.3 Å². The van der Waals surface area contributed by atoms with E-state index in [4.69, 9.17) is 23.2 Å². The van der Waals surface area contributed by atoms with Crippen LogP contribution in [0.5, 0.6) is 0 Å². The Morgan fingerprint density at radius 3 is 2.71 bits per heavy atom. The molecule has 1 amide bonds. The number of carbonyl (C=O) groups is 1. The van der Waals surface area contributed by atoms with Crippen LogP contribution >= 0.6 is 23.2 Å². The molecule has 108 valence electrons. The number of pyridine rings is 1. The molecule has 0 unspecified atom stereocenters. The van der Waals surface area contributed by atoms with Crippen LogP contribution in [-0.4, -0.2) is 22.3 Å². The molecular weight excluding hydrogens is 314 g/mol. The Balaban J connectivity index is 2.22. The highest BCUT2D eigenvalue weighted by molar-refractivity contribution is 6.31. The number of benzene rings is 1. The summed E-state index contributed by atoms with van der Waals surface area (Å²) in [6.45, 7) is 2.88. The smallest absolute Gasteiger partial charge is 0.254 e. The van der Waals surface area contributed by atoms with E-state index in [9.17, 15) is 9.18 Å². The average molecular weight is 325 g/mol. The van der Waals surface area contributed by atoms with Gasteiger partial charge in [0.05, 0.1) is 5.69 Å². The molecule has 0 spiro atoms. The SMILES string of the molecule is CCN1Cc2c(cc(Cl)nc2-c2ccc(Cl)cc2F)C1=O. The quantitative estimate of drug-likeness (QED) is 0.777. The minimum atomic E-state index is -0.484. The number of nitrogens with zero attached hydrogens (tertiary/aromatic N) is 2. The van der Waals surface area contributed by atoms with Gasteiger partial charge in [-0.25, -0.2) is 9.37 Å². The number of halogens is 3. The standard InChI is InChI=1S/C15H11Cl2FN2O/c1-2-20-7-11-10(15(20)21)6-13(17)19-14(11)9-4-3-8(16)5-12(9)18/h3-6H,2,7H2,1H3. The monoisotopic (exact) mass is 324 g/mol. The lowest BCUT2D eigenvalue weighted by Gasteiger charge is -2.11. The number of amides is 1. The highest BCUT2D eigenvalue weighted by Gasteiger charge is 2.30. The van der Waals surface area contributed by atoms with Gasteiger partial charge >= 0.3 is 0 Å². The molecule has 3 rings (SSSR count). The lowest BCUT2D eigenvalue weighted by Crippen LogP contribution is -2.22. The van der Waals surface area contributed by atoms with Crippen molar-refractivity contribution in [2.75, 3.05) is 6.54 Å². The van der Waals surface area contributed by atoms with Gasteiger partial charge in [0, 0.05) is 34.8 Å². The molecule has 0 fully saturated rings. The van der Waals surface area contributed by atoms with Crippen molar-refractivity contribution >= 4 is 29.1 Å². The van der Waals surface area contributed by atoms with Crippen molar-refractivity contribution in [1.29, 1.82) is 0 Å². The first-order valence-electron chi connectivity index (χ1n) is 6.45. The molecule has 0 saturated carbocycles. The van der Waals surface area contributed by atoms with Gasteiger partial charge in [0.2, 0.25) is 0 Å². The molecule has 0 aliphatic carbocycles. The van der Waals surface area contributed by atoms with E-state index in [2.05, 4.69) is 4.98 Å². The summed E-state index contributed by atoms with van der Waals surface area (Å²) in [5.74, 6) is -0.589. The molecule has 2 aromatic rings. The first-order chi connectivity index (χ1) is 10.0. The molecule has 2 heterocycles. The Morgan fingerprint density at radius 1 is 1.29 bits per heavy atom. The summed E-state index contributed by atoms with van der Waals surface area (Å²) in [6, 6.07) is 5.89. The maximum atomic E-state index is 14.1. The molecule has 1 aliphatic rings. The summed E-state index contributed by atoms with van der Waals surface area (Å²) in [4.78, 5) is 18.1. The van der Waals surface area contributed by atoms with Crippen molar-refractivity contribution < 1.29 is 9.18 Å². The Bertz CT molecular complexity index is 749. The van der Waals surface area contributed by atoms with Gasteiger partial charge < -0.3 is 4.90 Å². The second kappa shape index (κ2) is 5.28. The Kier molecular flexibility index (Phi) is 3.59. The van der Waals surface area contributed by atoms with Crippen LogP contribution in [0.2, 0.25) is 10.2 Å². The summed E-state index contributed by atoms with van der Waals surface area (Å²) in [5.41, 5.74) is 1.88. The molecule has 0 saturated heterocycles. The van der Waals surface area contributed by atoms with Crippen LogP contribution in [0.4, 0.5) is 4.39 Å². The molecular formula is C15H11Cl2FN2O. The van der Waals surface area contributed by atoms with Gasteiger partial charge in [0.15, 0.2) is 0 Å². The minimum Gasteiger partial charge on any atom is -0.334 e. The van der Waals surface area contributed by atoms with Crippen molar-refractivity contribution in [1.82, 2.24) is 9.88 Å². The van der Waals surface area contributed by atoms with Gasteiger partial charge in [0.1, 0.15) is 11.0 Å². The van der Waals surface area contributed by atoms with Crippen molar-refractivity contribution in [3.05, 3.63) is 51.4 Å². The highest BCUT2D eigenvalue weighted by atomic mass is 35.5. The largest absolute Gasteiger partial charge is 0.334 e. The Morgan fingerprint density at radius 2 is 2.05 bits per heavy atom. The molecule has 0 atom stereocenters. The third-order valence-electron chi connectivity index (χ3n) is 3.53. The Labute approximate surface area is 131 Å². The van der Waals surface area contributed by atoms with Crippen LogP contribution in [0.15, 0.2) is 24.3 Å². The molecule has 1 aliphatic heterocycles. The molecule has 6 heteroatoms. The minimum absolute atomic E-state index is 0.104. The molecule has 0 N–H and O–H groups in total. The van der Waals surface area contributed by atoms with E-state index in [-0.39, 0.29) is 11.1 Å². The zero-order chi connectivity index (χ0) is 15.1. The summed E-state index contributed by atoms with van der Waals surface area (Å²) >= 11 is 11.8. The van der Waals surface area contributed by atoms with Gasteiger partial charge in [-0.1, -0.05) is 23.2 Å². The van der Waals surface area contributed by atoms with Crippen LogP contribution in [0.25, 0.3) is 11.3 Å². The van der Waals surface area contributed by atoms with Crippen LogP contribution in [0.1, 0.15) is 22.8 Å². The summed E-state index contributed by atoms with van der Waals surface area (Å²) < 4.78 is 14.1. The number of rotatable bonds is 2. The summed E-state index contributed by atoms with van der Waals surface area (Å²) in [6.07, 6.45) is 0. The van der Waals surface area contributed by atoms with Gasteiger partial charge in [-0.15, -0.1) is 0 Å². The summed E-state index contributed by atoms with van der Waals surface area (Å²) in [7, 11) is 0. The summed E-state index contributed by atoms with van der Waals surface area (Å²) in [5, 5.41) is 0.477. The van der Waals surface area contributed by atoms with Gasteiger partial charge in [0.25, 0.3) is 5.91 Å². The maximum absolute atomic E-state index is 14.1. The molecule has 0 bridgehead atoms. The number of carbonyl (C=O) groups excluding carboxylic acids is 1. The Hall–Kier alpha value is -1.65. The normalized spacial score (nSPS) is 13.7. The number of hydrogen-bond donors (Lipinski definition) is 0. The van der Waals surface area contributed by atoms with Crippen molar-refractivity contribution in [3.63, 3.8) is 0 Å². The second-order valence-corrected chi connectivity index (χ2v) is 5.59. The van der Waals surface area contributed by atoms with Gasteiger partial charge in [-0.05, 0) is 31.2 Å². The van der Waals surface area contributed by atoms with E-state index >= 15 is 0 Å². The van der Waals surface area contributed by atoms with E-state index in [0.717, 1.165) is 0 Å². The first-order valence-corrected chi connectivity index (χ1v) is 7.21. The predicted octanol–water partition coefficient (Wildman–Crippen LogP) is 4.17. The lowest BCUT2D eigenvalue weighted by molar-refractivity contribution is 0.0787. The van der Waals surface area contributed by atoms with Crippen LogP contribution in [0.3, 0.4) is 0 Å². The second-order valence-electron chi connectivity index (χ2n) is 4.76. The molecule has 0 radical (unpaired) electrons. The fourth-order valence-corrected chi connectivity index (χ4v) is 2.84. The average Bonchev–Trinajstić information content (AvgIpc) is 2.75. The maximum Gasteiger partial charge on any atom is 0.254 e. The molecule has 1 aromatic heterocycles.